The van der Waals surface area contributed by atoms with Crippen LogP contribution in [0.5, 0.6) is 0 Å². The van der Waals surface area contributed by atoms with Crippen molar-refractivity contribution in [2.45, 2.75) is 13.3 Å². The number of carbonyl (C=O) groups excluding carboxylic acids is 2. The topological polar surface area (TPSA) is 70.2 Å². The summed E-state index contributed by atoms with van der Waals surface area (Å²) in [5.74, 6) is -0.289. The van der Waals surface area contributed by atoms with Crippen molar-refractivity contribution in [1.82, 2.24) is 5.32 Å². The van der Waals surface area contributed by atoms with E-state index in [-0.39, 0.29) is 30.1 Å². The molecular weight excluding hydrogens is 301 g/mol. The van der Waals surface area contributed by atoms with Crippen molar-refractivity contribution in [2.24, 2.45) is 5.92 Å². The summed E-state index contributed by atoms with van der Waals surface area (Å²) >= 11 is 5.92. The molecule has 0 aliphatic carbocycles. The van der Waals surface area contributed by atoms with Crippen LogP contribution in [0.4, 0.5) is 11.4 Å². The normalized spacial score (nSPS) is 17.2. The maximum atomic E-state index is 12.1. The Morgan fingerprint density at radius 1 is 1.30 bits per heavy atom. The second-order valence-electron chi connectivity index (χ2n) is 4.55. The van der Waals surface area contributed by atoms with Crippen LogP contribution < -0.4 is 16.0 Å². The Labute approximate surface area is 128 Å². The van der Waals surface area contributed by atoms with Gasteiger partial charge in [-0.3, -0.25) is 9.59 Å². The van der Waals surface area contributed by atoms with Crippen molar-refractivity contribution in [3.05, 3.63) is 23.2 Å². The quantitative estimate of drug-likeness (QED) is 0.801. The van der Waals surface area contributed by atoms with Crippen molar-refractivity contribution in [3.63, 3.8) is 0 Å². The largest absolute Gasteiger partial charge is 0.325 e. The van der Waals surface area contributed by atoms with E-state index in [1.165, 1.54) is 6.92 Å². The summed E-state index contributed by atoms with van der Waals surface area (Å²) in [6, 6.07) is 4.97. The molecule has 2 amide bonds. The Balaban J connectivity index is 0.00000200. The molecule has 1 aromatic carbocycles. The Hall–Kier alpha value is -1.30. The molecule has 5 nitrogen and oxygen atoms in total. The Morgan fingerprint density at radius 3 is 2.65 bits per heavy atom. The van der Waals surface area contributed by atoms with E-state index in [1.54, 1.807) is 18.2 Å². The highest BCUT2D eigenvalue weighted by Gasteiger charge is 2.23. The van der Waals surface area contributed by atoms with Gasteiger partial charge in [0.25, 0.3) is 0 Å². The van der Waals surface area contributed by atoms with Gasteiger partial charge in [0.15, 0.2) is 0 Å². The summed E-state index contributed by atoms with van der Waals surface area (Å²) in [6.45, 7) is 2.95. The smallest absolute Gasteiger partial charge is 0.228 e. The molecule has 1 atom stereocenters. The van der Waals surface area contributed by atoms with Crippen LogP contribution in [0.3, 0.4) is 0 Å². The van der Waals surface area contributed by atoms with E-state index < -0.39 is 0 Å². The summed E-state index contributed by atoms with van der Waals surface area (Å²) in [5.41, 5.74) is 1.08. The van der Waals surface area contributed by atoms with E-state index in [0.717, 1.165) is 13.0 Å². The molecule has 3 N–H and O–H groups in total. The zero-order chi connectivity index (χ0) is 13.8. The van der Waals surface area contributed by atoms with E-state index in [9.17, 15) is 9.59 Å². The maximum Gasteiger partial charge on any atom is 0.228 e. The molecule has 20 heavy (non-hydrogen) atoms. The third-order valence-corrected chi connectivity index (χ3v) is 3.22. The minimum Gasteiger partial charge on any atom is -0.325 e. The lowest BCUT2D eigenvalue weighted by atomic mass is 10.1. The van der Waals surface area contributed by atoms with Crippen molar-refractivity contribution >= 4 is 47.2 Å². The molecule has 0 aromatic heterocycles. The van der Waals surface area contributed by atoms with Gasteiger partial charge < -0.3 is 16.0 Å². The predicted octanol–water partition coefficient (Wildman–Crippen LogP) is 2.27. The third-order valence-electron chi connectivity index (χ3n) is 2.98. The fraction of sp³-hybridized carbons (Fsp3) is 0.385. The predicted molar refractivity (Wildman–Crippen MR) is 82.6 cm³/mol. The number of benzene rings is 1. The molecule has 0 bridgehead atoms. The minimum absolute atomic E-state index is 0. The Bertz CT molecular complexity index is 502. The summed E-state index contributed by atoms with van der Waals surface area (Å²) < 4.78 is 0. The summed E-state index contributed by atoms with van der Waals surface area (Å²) in [4.78, 5) is 23.2. The lowest BCUT2D eigenvalue weighted by Crippen LogP contribution is -2.25. The molecule has 1 aliphatic rings. The van der Waals surface area contributed by atoms with Gasteiger partial charge >= 0.3 is 0 Å². The molecule has 1 aromatic rings. The zero-order valence-corrected chi connectivity index (χ0v) is 12.6. The van der Waals surface area contributed by atoms with Gasteiger partial charge in [-0.15, -0.1) is 12.4 Å². The van der Waals surface area contributed by atoms with Gasteiger partial charge in [0.1, 0.15) is 0 Å². The first kappa shape index (κ1) is 16.8. The van der Waals surface area contributed by atoms with Crippen molar-refractivity contribution < 1.29 is 9.59 Å². The highest BCUT2D eigenvalue weighted by Crippen LogP contribution is 2.26. The number of anilines is 2. The minimum atomic E-state index is -0.194. The van der Waals surface area contributed by atoms with E-state index in [4.69, 9.17) is 11.6 Å². The Morgan fingerprint density at radius 2 is 2.05 bits per heavy atom. The lowest BCUT2D eigenvalue weighted by Gasteiger charge is -2.14. The monoisotopic (exact) mass is 317 g/mol. The highest BCUT2D eigenvalue weighted by molar-refractivity contribution is 6.31. The van der Waals surface area contributed by atoms with E-state index >= 15 is 0 Å². The van der Waals surface area contributed by atoms with E-state index in [1.807, 2.05) is 0 Å². The molecule has 7 heteroatoms. The molecule has 0 saturated carbocycles. The number of carbonyl (C=O) groups is 2. The number of amides is 2. The molecule has 1 aliphatic heterocycles. The fourth-order valence-corrected chi connectivity index (χ4v) is 2.20. The van der Waals surface area contributed by atoms with Gasteiger partial charge in [0.2, 0.25) is 11.8 Å². The van der Waals surface area contributed by atoms with Crippen LogP contribution in [-0.2, 0) is 9.59 Å². The van der Waals surface area contributed by atoms with Crippen LogP contribution in [0.15, 0.2) is 18.2 Å². The number of hydrogen-bond acceptors (Lipinski definition) is 3. The van der Waals surface area contributed by atoms with Crippen LogP contribution in [0.2, 0.25) is 5.02 Å². The van der Waals surface area contributed by atoms with Gasteiger partial charge in [0, 0.05) is 18.5 Å². The first-order chi connectivity index (χ1) is 9.06. The molecule has 110 valence electrons. The molecule has 2 rings (SSSR count). The van der Waals surface area contributed by atoms with Crippen molar-refractivity contribution in [2.75, 3.05) is 23.7 Å². The van der Waals surface area contributed by atoms with Crippen molar-refractivity contribution in [1.29, 1.82) is 0 Å². The molecule has 0 radical (unpaired) electrons. The first-order valence-corrected chi connectivity index (χ1v) is 6.53. The molecule has 1 unspecified atom stereocenters. The molecular formula is C13H17Cl2N3O2. The molecule has 1 heterocycles. The highest BCUT2D eigenvalue weighted by atomic mass is 35.5. The lowest BCUT2D eigenvalue weighted by molar-refractivity contribution is -0.119. The standard InChI is InChI=1S/C13H16ClN3O2.ClH/c1-8(18)16-11-3-2-10(14)6-12(11)17-13(19)9-4-5-15-7-9;/h2-3,6,9,15H,4-5,7H2,1H3,(H,16,18)(H,17,19);1H. The van der Waals surface area contributed by atoms with Gasteiger partial charge in [-0.25, -0.2) is 0 Å². The van der Waals surface area contributed by atoms with Crippen LogP contribution in [-0.4, -0.2) is 24.9 Å². The van der Waals surface area contributed by atoms with Crippen LogP contribution >= 0.6 is 24.0 Å². The van der Waals surface area contributed by atoms with E-state index in [0.29, 0.717) is 22.9 Å². The van der Waals surface area contributed by atoms with Crippen LogP contribution in [0.1, 0.15) is 13.3 Å². The number of rotatable bonds is 3. The summed E-state index contributed by atoms with van der Waals surface area (Å²) in [5, 5.41) is 9.14. The fourth-order valence-electron chi connectivity index (χ4n) is 2.03. The molecule has 1 saturated heterocycles. The summed E-state index contributed by atoms with van der Waals surface area (Å²) in [7, 11) is 0. The van der Waals surface area contributed by atoms with Gasteiger partial charge in [-0.2, -0.15) is 0 Å². The Kier molecular flexibility index (Phi) is 6.26. The number of halogens is 2. The number of nitrogens with one attached hydrogen (secondary N) is 3. The van der Waals surface area contributed by atoms with Crippen LogP contribution in [0, 0.1) is 5.92 Å². The van der Waals surface area contributed by atoms with Crippen LogP contribution in [0.25, 0.3) is 0 Å². The molecule has 0 spiro atoms. The summed E-state index contributed by atoms with van der Waals surface area (Å²) in [6.07, 6.45) is 0.821. The van der Waals surface area contributed by atoms with E-state index in [2.05, 4.69) is 16.0 Å². The zero-order valence-electron chi connectivity index (χ0n) is 11.0. The van der Waals surface area contributed by atoms with Gasteiger partial charge in [0.05, 0.1) is 17.3 Å². The molecule has 1 fully saturated rings. The first-order valence-electron chi connectivity index (χ1n) is 6.15. The second-order valence-corrected chi connectivity index (χ2v) is 4.99. The third kappa shape index (κ3) is 4.37. The van der Waals surface area contributed by atoms with Gasteiger partial charge in [-0.1, -0.05) is 11.6 Å². The van der Waals surface area contributed by atoms with Gasteiger partial charge in [-0.05, 0) is 31.2 Å². The maximum absolute atomic E-state index is 12.1. The van der Waals surface area contributed by atoms with Crippen molar-refractivity contribution in [3.8, 4) is 0 Å². The number of hydrogen-bond donors (Lipinski definition) is 3. The average Bonchev–Trinajstić information content (AvgIpc) is 2.86. The average molecular weight is 318 g/mol. The SMILES string of the molecule is CC(=O)Nc1ccc(Cl)cc1NC(=O)C1CCNC1.Cl. The second kappa shape index (κ2) is 7.47.